The van der Waals surface area contributed by atoms with Crippen molar-refractivity contribution in [2.45, 2.75) is 0 Å². The van der Waals surface area contributed by atoms with Crippen molar-refractivity contribution < 1.29 is 0 Å². The molecule has 0 aliphatic rings. The van der Waals surface area contributed by atoms with Crippen LogP contribution in [0.4, 0.5) is 0 Å². The van der Waals surface area contributed by atoms with E-state index in [1.54, 1.807) is 12.3 Å². The SMILES string of the molecule is [B]c1nccc(=S)[nH]1. The maximum absolute atomic E-state index is 5.23. The van der Waals surface area contributed by atoms with Crippen molar-refractivity contribution in [3.8, 4) is 0 Å². The quantitative estimate of drug-likeness (QED) is 0.385. The number of aromatic nitrogens is 2. The van der Waals surface area contributed by atoms with Crippen LogP contribution in [0.1, 0.15) is 0 Å². The zero-order chi connectivity index (χ0) is 5.98. The maximum atomic E-state index is 5.23. The maximum Gasteiger partial charge on any atom is 0.167 e. The highest BCUT2D eigenvalue weighted by Crippen LogP contribution is 1.74. The van der Waals surface area contributed by atoms with Crippen molar-refractivity contribution in [3.63, 3.8) is 0 Å². The van der Waals surface area contributed by atoms with Crippen LogP contribution < -0.4 is 5.72 Å². The first-order valence-corrected chi connectivity index (χ1v) is 2.50. The lowest BCUT2D eigenvalue weighted by molar-refractivity contribution is 1.22. The Morgan fingerprint density at radius 1 is 1.75 bits per heavy atom. The standard InChI is InChI=1S/C4H3BN2S/c5-4-6-2-1-3(8)7-4/h1-2H,(H,6,7,8). The lowest BCUT2D eigenvalue weighted by Crippen LogP contribution is -2.11. The van der Waals surface area contributed by atoms with Crippen molar-refractivity contribution in [2.24, 2.45) is 0 Å². The number of aromatic amines is 1. The molecular weight excluding hydrogens is 119 g/mol. The molecule has 0 amide bonds. The molecule has 2 radical (unpaired) electrons. The molecule has 1 N–H and O–H groups in total. The van der Waals surface area contributed by atoms with Gasteiger partial charge in [0.2, 0.25) is 0 Å². The second-order valence-corrected chi connectivity index (χ2v) is 1.76. The van der Waals surface area contributed by atoms with Gasteiger partial charge in [-0.25, -0.2) is 0 Å². The molecule has 0 aliphatic heterocycles. The Bertz CT molecular complexity index is 231. The van der Waals surface area contributed by atoms with Gasteiger partial charge in [0.1, 0.15) is 4.64 Å². The molecular formula is C4H3BN2S. The van der Waals surface area contributed by atoms with Crippen LogP contribution in [0.15, 0.2) is 12.3 Å². The summed E-state index contributed by atoms with van der Waals surface area (Å²) in [6, 6.07) is 1.67. The molecule has 0 saturated carbocycles. The minimum Gasteiger partial charge on any atom is -0.344 e. The van der Waals surface area contributed by atoms with Crippen LogP contribution in [0.2, 0.25) is 0 Å². The molecule has 1 aromatic heterocycles. The number of nitrogens with one attached hydrogen (secondary N) is 1. The van der Waals surface area contributed by atoms with Gasteiger partial charge in [-0.15, -0.1) is 0 Å². The summed E-state index contributed by atoms with van der Waals surface area (Å²) in [5, 5.41) is 0. The van der Waals surface area contributed by atoms with Crippen molar-refractivity contribution in [3.05, 3.63) is 16.9 Å². The summed E-state index contributed by atoms with van der Waals surface area (Å²) in [6.45, 7) is 0. The Morgan fingerprint density at radius 3 is 2.88 bits per heavy atom. The van der Waals surface area contributed by atoms with E-state index in [1.807, 2.05) is 0 Å². The average Bonchev–Trinajstić information content (AvgIpc) is 1.64. The van der Waals surface area contributed by atoms with Gasteiger partial charge in [0.05, 0.1) is 0 Å². The van der Waals surface area contributed by atoms with E-state index in [0.717, 1.165) is 0 Å². The highest BCUT2D eigenvalue weighted by Gasteiger charge is 1.77. The monoisotopic (exact) mass is 122 g/mol. The van der Waals surface area contributed by atoms with Crippen molar-refractivity contribution in [1.82, 2.24) is 9.97 Å². The molecule has 2 nitrogen and oxygen atoms in total. The lowest BCUT2D eigenvalue weighted by Gasteiger charge is -1.86. The van der Waals surface area contributed by atoms with Crippen LogP contribution in [0.25, 0.3) is 0 Å². The first-order valence-electron chi connectivity index (χ1n) is 2.10. The van der Waals surface area contributed by atoms with Crippen LogP contribution in [-0.2, 0) is 0 Å². The molecule has 0 atom stereocenters. The number of nitrogens with zero attached hydrogens (tertiary/aromatic N) is 1. The summed E-state index contributed by atoms with van der Waals surface area (Å²) in [6.07, 6.45) is 1.56. The molecule has 0 aliphatic carbocycles. The molecule has 0 aromatic carbocycles. The Morgan fingerprint density at radius 2 is 2.50 bits per heavy atom. The number of H-pyrrole nitrogens is 1. The summed E-state index contributed by atoms with van der Waals surface area (Å²) >= 11 is 4.72. The van der Waals surface area contributed by atoms with Crippen LogP contribution >= 0.6 is 12.2 Å². The minimum atomic E-state index is 0.359. The molecule has 0 bridgehead atoms. The Labute approximate surface area is 53.4 Å². The normalized spacial score (nSPS) is 9.00. The van der Waals surface area contributed by atoms with E-state index in [9.17, 15) is 0 Å². The van der Waals surface area contributed by atoms with Gasteiger partial charge in [-0.1, -0.05) is 12.2 Å². The highest BCUT2D eigenvalue weighted by molar-refractivity contribution is 7.71. The van der Waals surface area contributed by atoms with Crippen molar-refractivity contribution >= 4 is 25.8 Å². The Hall–Kier alpha value is -0.635. The second-order valence-electron chi connectivity index (χ2n) is 1.32. The molecule has 4 heteroatoms. The second kappa shape index (κ2) is 2.09. The zero-order valence-corrected chi connectivity index (χ0v) is 4.90. The van der Waals surface area contributed by atoms with Gasteiger partial charge in [0, 0.05) is 11.9 Å². The molecule has 0 spiro atoms. The van der Waals surface area contributed by atoms with E-state index in [-0.39, 0.29) is 0 Å². The first kappa shape index (κ1) is 5.50. The lowest BCUT2D eigenvalue weighted by atomic mass is 10.1. The molecule has 38 valence electrons. The molecule has 0 fully saturated rings. The third kappa shape index (κ3) is 1.17. The van der Waals surface area contributed by atoms with Gasteiger partial charge >= 0.3 is 0 Å². The molecule has 8 heavy (non-hydrogen) atoms. The van der Waals surface area contributed by atoms with Gasteiger partial charge < -0.3 is 4.98 Å². The summed E-state index contributed by atoms with van der Waals surface area (Å²) < 4.78 is 0.609. The van der Waals surface area contributed by atoms with Crippen LogP contribution in [-0.4, -0.2) is 17.8 Å². The predicted octanol–water partition coefficient (Wildman–Crippen LogP) is -0.0670. The number of rotatable bonds is 0. The van der Waals surface area contributed by atoms with Gasteiger partial charge in [-0.2, -0.15) is 0 Å². The number of hydrogen-bond donors (Lipinski definition) is 1. The Kier molecular flexibility index (Phi) is 1.44. The van der Waals surface area contributed by atoms with E-state index in [2.05, 4.69) is 9.97 Å². The van der Waals surface area contributed by atoms with E-state index < -0.39 is 0 Å². The highest BCUT2D eigenvalue weighted by atomic mass is 32.1. The van der Waals surface area contributed by atoms with Crippen molar-refractivity contribution in [1.29, 1.82) is 0 Å². The predicted molar refractivity (Wildman–Crippen MR) is 34.8 cm³/mol. The van der Waals surface area contributed by atoms with Crippen LogP contribution in [0.5, 0.6) is 0 Å². The molecule has 1 rings (SSSR count). The third-order valence-corrected chi connectivity index (χ3v) is 0.929. The molecule has 0 unspecified atom stereocenters. The Balaban J connectivity index is 3.28. The summed E-state index contributed by atoms with van der Waals surface area (Å²) in [7, 11) is 5.23. The van der Waals surface area contributed by atoms with Gasteiger partial charge in [-0.3, -0.25) is 4.98 Å². The summed E-state index contributed by atoms with van der Waals surface area (Å²) in [5.41, 5.74) is 0.359. The molecule has 0 saturated heterocycles. The average molecular weight is 122 g/mol. The first-order chi connectivity index (χ1) is 3.79. The van der Waals surface area contributed by atoms with E-state index in [0.29, 0.717) is 10.4 Å². The summed E-state index contributed by atoms with van der Waals surface area (Å²) in [5.74, 6) is 0. The fourth-order valence-electron chi connectivity index (χ4n) is 0.385. The fourth-order valence-corrected chi connectivity index (χ4v) is 0.551. The number of hydrogen-bond acceptors (Lipinski definition) is 2. The minimum absolute atomic E-state index is 0.359. The fraction of sp³-hybridized carbons (Fsp3) is 0. The topological polar surface area (TPSA) is 28.7 Å². The van der Waals surface area contributed by atoms with E-state index >= 15 is 0 Å². The van der Waals surface area contributed by atoms with Crippen LogP contribution in [0.3, 0.4) is 0 Å². The summed E-state index contributed by atoms with van der Waals surface area (Å²) in [4.78, 5) is 6.35. The largest absolute Gasteiger partial charge is 0.344 e. The molecule has 1 aromatic rings. The van der Waals surface area contributed by atoms with Crippen molar-refractivity contribution in [2.75, 3.05) is 0 Å². The van der Waals surface area contributed by atoms with Gasteiger partial charge in [0.15, 0.2) is 7.85 Å². The van der Waals surface area contributed by atoms with Gasteiger partial charge in [-0.05, 0) is 6.07 Å². The van der Waals surface area contributed by atoms with Crippen LogP contribution in [0, 0.1) is 4.64 Å². The van der Waals surface area contributed by atoms with Gasteiger partial charge in [0.25, 0.3) is 0 Å². The third-order valence-electron chi connectivity index (χ3n) is 0.691. The van der Waals surface area contributed by atoms with E-state index in [4.69, 9.17) is 20.1 Å². The molecule has 1 heterocycles. The smallest absolute Gasteiger partial charge is 0.167 e. The van der Waals surface area contributed by atoms with E-state index in [1.165, 1.54) is 0 Å². The zero-order valence-electron chi connectivity index (χ0n) is 4.09.